The maximum Gasteiger partial charge on any atom is 0.238 e. The third kappa shape index (κ3) is 6.95. The molecule has 0 radical (unpaired) electrons. The van der Waals surface area contributed by atoms with Gasteiger partial charge in [0, 0.05) is 10.6 Å². The molecule has 0 bridgehead atoms. The van der Waals surface area contributed by atoms with Gasteiger partial charge in [-0.15, -0.1) is 11.8 Å². The zero-order valence-electron chi connectivity index (χ0n) is 15.8. The zero-order chi connectivity index (χ0) is 20.4. The monoisotopic (exact) mass is 398 g/mol. The molecule has 0 aliphatic rings. The normalized spacial score (nSPS) is 10.2. The number of hydrogen-bond donors (Lipinski definition) is 2. The minimum Gasteiger partial charge on any atom is -0.497 e. The summed E-state index contributed by atoms with van der Waals surface area (Å²) in [6.45, 7) is 0.136. The van der Waals surface area contributed by atoms with Crippen LogP contribution >= 0.6 is 11.8 Å². The average molecular weight is 398 g/mol. The number of rotatable bonds is 9. The van der Waals surface area contributed by atoms with Crippen molar-refractivity contribution in [1.82, 2.24) is 4.90 Å². The van der Waals surface area contributed by atoms with Crippen molar-refractivity contribution in [3.8, 4) is 11.8 Å². The number of carbonyl (C=O) groups excluding carboxylic acids is 2. The summed E-state index contributed by atoms with van der Waals surface area (Å²) in [5, 5.41) is 14.3. The SMILES string of the molecule is COc1ccc(NC(=O)CN(C)CC(=O)Nc2ccccc2SCC#N)cc1. The van der Waals surface area contributed by atoms with Crippen LogP contribution in [0.25, 0.3) is 0 Å². The van der Waals surface area contributed by atoms with Crippen molar-refractivity contribution >= 4 is 35.0 Å². The number of ether oxygens (including phenoxy) is 1. The van der Waals surface area contributed by atoms with Gasteiger partial charge in [0.25, 0.3) is 0 Å². The Bertz CT molecular complexity index is 849. The summed E-state index contributed by atoms with van der Waals surface area (Å²) < 4.78 is 5.08. The molecular formula is C20H22N4O3S. The van der Waals surface area contributed by atoms with Gasteiger partial charge in [-0.25, -0.2) is 0 Å². The standard InChI is InChI=1S/C20H22N4O3S/c1-24(13-19(25)22-15-7-9-16(27-2)10-8-15)14-20(26)23-17-5-3-4-6-18(17)28-12-11-21/h3-10H,12-14H2,1-2H3,(H,22,25)(H,23,26). The Morgan fingerprint density at radius 2 is 1.71 bits per heavy atom. The van der Waals surface area contributed by atoms with Crippen LogP contribution in [0.5, 0.6) is 5.75 Å². The molecule has 28 heavy (non-hydrogen) atoms. The van der Waals surface area contributed by atoms with Crippen molar-refractivity contribution < 1.29 is 14.3 Å². The second-order valence-corrected chi connectivity index (χ2v) is 6.96. The third-order valence-corrected chi connectivity index (χ3v) is 4.59. The molecule has 2 aromatic rings. The van der Waals surface area contributed by atoms with Crippen molar-refractivity contribution in [2.75, 3.05) is 43.6 Å². The molecule has 2 aromatic carbocycles. The Morgan fingerprint density at radius 3 is 2.36 bits per heavy atom. The summed E-state index contributed by atoms with van der Waals surface area (Å²) in [6.07, 6.45) is 0. The van der Waals surface area contributed by atoms with Gasteiger partial charge in [-0.05, 0) is 43.4 Å². The van der Waals surface area contributed by atoms with Crippen LogP contribution < -0.4 is 15.4 Å². The second-order valence-electron chi connectivity index (χ2n) is 5.94. The van der Waals surface area contributed by atoms with Gasteiger partial charge in [-0.2, -0.15) is 5.26 Å². The van der Waals surface area contributed by atoms with E-state index < -0.39 is 0 Å². The number of hydrogen-bond acceptors (Lipinski definition) is 6. The number of nitriles is 1. The molecule has 8 heteroatoms. The van der Waals surface area contributed by atoms with E-state index >= 15 is 0 Å². The van der Waals surface area contributed by atoms with Gasteiger partial charge in [-0.3, -0.25) is 14.5 Å². The van der Waals surface area contributed by atoms with Crippen LogP contribution in [0.2, 0.25) is 0 Å². The fourth-order valence-electron chi connectivity index (χ4n) is 2.42. The van der Waals surface area contributed by atoms with Gasteiger partial charge in [0.1, 0.15) is 5.75 Å². The van der Waals surface area contributed by atoms with E-state index in [-0.39, 0.29) is 24.9 Å². The predicted octanol–water partition coefficient (Wildman–Crippen LogP) is 2.82. The van der Waals surface area contributed by atoms with Gasteiger partial charge in [-0.1, -0.05) is 12.1 Å². The fraction of sp³-hybridized carbons (Fsp3) is 0.250. The lowest BCUT2D eigenvalue weighted by Gasteiger charge is -2.17. The van der Waals surface area contributed by atoms with E-state index in [1.54, 1.807) is 49.4 Å². The topological polar surface area (TPSA) is 94.5 Å². The van der Waals surface area contributed by atoms with E-state index in [1.807, 2.05) is 18.2 Å². The average Bonchev–Trinajstić information content (AvgIpc) is 2.67. The first kappa shape index (κ1) is 21.3. The molecule has 2 rings (SSSR count). The van der Waals surface area contributed by atoms with Crippen LogP contribution in [-0.4, -0.2) is 49.7 Å². The molecule has 0 aliphatic carbocycles. The van der Waals surface area contributed by atoms with Gasteiger partial charge < -0.3 is 15.4 Å². The van der Waals surface area contributed by atoms with Gasteiger partial charge >= 0.3 is 0 Å². The molecule has 7 nitrogen and oxygen atoms in total. The molecule has 0 atom stereocenters. The molecule has 0 fully saturated rings. The molecule has 2 N–H and O–H groups in total. The first-order chi connectivity index (χ1) is 13.5. The lowest BCUT2D eigenvalue weighted by molar-refractivity contribution is -0.119. The summed E-state index contributed by atoms with van der Waals surface area (Å²) >= 11 is 1.36. The van der Waals surface area contributed by atoms with Crippen LogP contribution in [0.1, 0.15) is 0 Å². The Balaban J connectivity index is 1.83. The molecular weight excluding hydrogens is 376 g/mol. The van der Waals surface area contributed by atoms with Gasteiger partial charge in [0.2, 0.25) is 11.8 Å². The number of nitrogens with zero attached hydrogens (tertiary/aromatic N) is 2. The first-order valence-corrected chi connectivity index (χ1v) is 9.51. The molecule has 2 amide bonds. The lowest BCUT2D eigenvalue weighted by atomic mass is 10.3. The Kier molecular flexibility index (Phi) is 8.34. The van der Waals surface area contributed by atoms with Crippen LogP contribution in [0.3, 0.4) is 0 Å². The van der Waals surface area contributed by atoms with Crippen molar-refractivity contribution in [2.24, 2.45) is 0 Å². The van der Waals surface area contributed by atoms with Crippen LogP contribution in [0, 0.1) is 11.3 Å². The fourth-order valence-corrected chi connectivity index (χ4v) is 3.09. The summed E-state index contributed by atoms with van der Waals surface area (Å²) in [7, 11) is 3.28. The highest BCUT2D eigenvalue weighted by Gasteiger charge is 2.13. The van der Waals surface area contributed by atoms with Crippen molar-refractivity contribution in [2.45, 2.75) is 4.90 Å². The Morgan fingerprint density at radius 1 is 1.07 bits per heavy atom. The first-order valence-electron chi connectivity index (χ1n) is 8.53. The number of thioether (sulfide) groups is 1. The van der Waals surface area contributed by atoms with E-state index in [1.165, 1.54) is 11.8 Å². The Hall–Kier alpha value is -3.02. The summed E-state index contributed by atoms with van der Waals surface area (Å²) in [4.78, 5) is 26.9. The number of benzene rings is 2. The number of anilines is 2. The van der Waals surface area contributed by atoms with Crippen molar-refractivity contribution in [3.63, 3.8) is 0 Å². The van der Waals surface area contributed by atoms with E-state index in [4.69, 9.17) is 10.00 Å². The number of likely N-dealkylation sites (N-methyl/N-ethyl adjacent to an activating group) is 1. The molecule has 146 valence electrons. The van der Waals surface area contributed by atoms with E-state index in [0.717, 1.165) is 4.90 Å². The zero-order valence-corrected chi connectivity index (χ0v) is 16.6. The van der Waals surface area contributed by atoms with E-state index in [0.29, 0.717) is 22.9 Å². The number of amides is 2. The van der Waals surface area contributed by atoms with Crippen molar-refractivity contribution in [1.29, 1.82) is 5.26 Å². The summed E-state index contributed by atoms with van der Waals surface area (Å²) in [5.41, 5.74) is 1.32. The van der Waals surface area contributed by atoms with Crippen LogP contribution in [0.4, 0.5) is 11.4 Å². The smallest absolute Gasteiger partial charge is 0.238 e. The molecule has 0 heterocycles. The van der Waals surface area contributed by atoms with Crippen LogP contribution in [0.15, 0.2) is 53.4 Å². The molecule has 0 saturated carbocycles. The minimum absolute atomic E-state index is 0.0628. The highest BCUT2D eigenvalue weighted by molar-refractivity contribution is 7.99. The quantitative estimate of drug-likeness (QED) is 0.631. The summed E-state index contributed by atoms with van der Waals surface area (Å²) in [5.74, 6) is 0.563. The minimum atomic E-state index is -0.232. The third-order valence-electron chi connectivity index (χ3n) is 3.65. The largest absolute Gasteiger partial charge is 0.497 e. The van der Waals surface area contributed by atoms with E-state index in [2.05, 4.69) is 16.7 Å². The number of methoxy groups -OCH3 is 1. The summed E-state index contributed by atoms with van der Waals surface area (Å²) in [6, 6.07) is 16.4. The second kappa shape index (κ2) is 11.0. The number of carbonyl (C=O) groups is 2. The highest BCUT2D eigenvalue weighted by atomic mass is 32.2. The Labute approximate surface area is 168 Å². The van der Waals surface area contributed by atoms with E-state index in [9.17, 15) is 9.59 Å². The molecule has 0 aromatic heterocycles. The molecule has 0 unspecified atom stereocenters. The van der Waals surface area contributed by atoms with Gasteiger partial charge in [0.05, 0.1) is 37.7 Å². The van der Waals surface area contributed by atoms with Crippen molar-refractivity contribution in [3.05, 3.63) is 48.5 Å². The molecule has 0 saturated heterocycles. The molecule has 0 aliphatic heterocycles. The maximum atomic E-state index is 12.3. The maximum absolute atomic E-state index is 12.3. The molecule has 0 spiro atoms. The predicted molar refractivity (Wildman–Crippen MR) is 111 cm³/mol. The highest BCUT2D eigenvalue weighted by Crippen LogP contribution is 2.26. The number of para-hydroxylation sites is 1. The lowest BCUT2D eigenvalue weighted by Crippen LogP contribution is -2.36. The van der Waals surface area contributed by atoms with Gasteiger partial charge in [0.15, 0.2) is 0 Å². The van der Waals surface area contributed by atoms with Crippen LogP contribution in [-0.2, 0) is 9.59 Å². The number of nitrogens with one attached hydrogen (secondary N) is 2.